The second-order valence-corrected chi connectivity index (χ2v) is 8.44. The van der Waals surface area contributed by atoms with E-state index in [2.05, 4.69) is 0 Å². The number of alkyl halides is 6. The lowest BCUT2D eigenvalue weighted by Gasteiger charge is -2.33. The second-order valence-electron chi connectivity index (χ2n) is 7.43. The second kappa shape index (κ2) is 7.35. The van der Waals surface area contributed by atoms with Crippen LogP contribution in [0.4, 0.5) is 32.0 Å². The summed E-state index contributed by atoms with van der Waals surface area (Å²) in [5.41, 5.74) is -6.82. The van der Waals surface area contributed by atoms with E-state index in [1.165, 1.54) is 13.1 Å². The lowest BCUT2D eigenvalue weighted by atomic mass is 9.92. The zero-order valence-corrected chi connectivity index (χ0v) is 16.9. The summed E-state index contributed by atoms with van der Waals surface area (Å²) < 4.78 is 77.7. The fraction of sp³-hybridized carbons (Fsp3) is 0.500. The number of hydrogen-bond acceptors (Lipinski definition) is 2. The number of hydrogen-bond donors (Lipinski definition) is 1. The highest BCUT2D eigenvalue weighted by Gasteiger charge is 2.71. The first-order valence-electron chi connectivity index (χ1n) is 8.23. The molecule has 3 nitrogen and oxygen atoms in total. The Bertz CT molecular complexity index is 799. The van der Waals surface area contributed by atoms with Crippen LogP contribution in [0.1, 0.15) is 19.4 Å². The van der Waals surface area contributed by atoms with Crippen LogP contribution in [0, 0.1) is 17.3 Å². The molecule has 162 valence electrons. The van der Waals surface area contributed by atoms with Crippen molar-refractivity contribution in [1.29, 1.82) is 0 Å². The van der Waals surface area contributed by atoms with E-state index < -0.39 is 40.8 Å². The minimum absolute atomic E-state index is 0.0102. The third-order valence-electron chi connectivity index (χ3n) is 5.31. The molecular weight excluding hydrogens is 447 g/mol. The molecule has 0 aliphatic heterocycles. The Morgan fingerprint density at radius 1 is 1.07 bits per heavy atom. The molecule has 1 amide bonds. The molecule has 0 heterocycles. The molecule has 0 aromatic heterocycles. The van der Waals surface area contributed by atoms with Gasteiger partial charge >= 0.3 is 12.4 Å². The lowest BCUT2D eigenvalue weighted by Crippen LogP contribution is -2.53. The van der Waals surface area contributed by atoms with Gasteiger partial charge in [0.15, 0.2) is 0 Å². The van der Waals surface area contributed by atoms with Crippen molar-refractivity contribution in [3.8, 4) is 0 Å². The first-order valence-corrected chi connectivity index (χ1v) is 8.98. The number of allylic oxidation sites excluding steroid dienone is 1. The van der Waals surface area contributed by atoms with Crippen molar-refractivity contribution in [3.05, 3.63) is 40.4 Å². The lowest BCUT2D eigenvalue weighted by molar-refractivity contribution is -0.376. The maximum atomic E-state index is 13.0. The quantitative estimate of drug-likeness (QED) is 0.594. The first-order chi connectivity index (χ1) is 13.0. The minimum Gasteiger partial charge on any atom is -0.369 e. The molecule has 0 saturated heterocycles. The van der Waals surface area contributed by atoms with Crippen molar-refractivity contribution < 1.29 is 36.2 Å². The molecule has 1 aromatic carbocycles. The number of carbonyl (C=O) groups excluding carboxylic acids is 1. The summed E-state index contributed by atoms with van der Waals surface area (Å²) in [5.74, 6) is -1.18. The number of benzene rings is 1. The molecule has 1 N–H and O–H groups in total. The third-order valence-corrected chi connectivity index (χ3v) is 5.56. The monoisotopic (exact) mass is 463 g/mol. The maximum Gasteiger partial charge on any atom is 0.430 e. The van der Waals surface area contributed by atoms with Crippen molar-refractivity contribution >= 4 is 34.8 Å². The van der Waals surface area contributed by atoms with Crippen LogP contribution in [0.3, 0.4) is 0 Å². The molecule has 1 aromatic rings. The number of aliphatic hydroxyl groups is 1. The van der Waals surface area contributed by atoms with E-state index in [4.69, 9.17) is 23.2 Å². The van der Waals surface area contributed by atoms with Crippen molar-refractivity contribution in [2.24, 2.45) is 17.3 Å². The van der Waals surface area contributed by atoms with Gasteiger partial charge in [-0.25, -0.2) is 0 Å². The highest BCUT2D eigenvalue weighted by molar-refractivity contribution is 6.55. The largest absolute Gasteiger partial charge is 0.430 e. The van der Waals surface area contributed by atoms with E-state index in [0.29, 0.717) is 12.1 Å². The average molecular weight is 464 g/mol. The van der Waals surface area contributed by atoms with Crippen LogP contribution in [-0.2, 0) is 10.4 Å². The molecule has 1 saturated carbocycles. The molecule has 29 heavy (non-hydrogen) atoms. The molecule has 11 heteroatoms. The highest BCUT2D eigenvalue weighted by atomic mass is 35.5. The molecular formula is C18H17Cl2F6NO2. The Balaban J connectivity index is 2.31. The van der Waals surface area contributed by atoms with Crippen molar-refractivity contribution in [2.45, 2.75) is 31.8 Å². The normalized spacial score (nSPS) is 21.5. The van der Waals surface area contributed by atoms with Gasteiger partial charge in [0.2, 0.25) is 5.91 Å². The standard InChI is InChI=1S/C18H17Cl2F6NO2/c1-15(2)11(8-12(19)20)13(15)14(28)27(3)10-6-4-9(5-7-10)16(29,17(21,22)23)18(24,25)26/h4-8,11,13,29H,1-3H3. The molecule has 2 atom stereocenters. The van der Waals surface area contributed by atoms with Gasteiger partial charge < -0.3 is 10.0 Å². The SMILES string of the molecule is CN(C(=O)C1C(C=C(Cl)Cl)C1(C)C)c1ccc(C(O)(C(F)(F)F)C(F)(F)F)cc1. The molecule has 0 radical (unpaired) electrons. The number of amides is 1. The van der Waals surface area contributed by atoms with Gasteiger partial charge in [0.1, 0.15) is 4.49 Å². The van der Waals surface area contributed by atoms with Crippen LogP contribution in [0.5, 0.6) is 0 Å². The highest BCUT2D eigenvalue weighted by Crippen LogP contribution is 2.60. The topological polar surface area (TPSA) is 40.5 Å². The van der Waals surface area contributed by atoms with E-state index in [1.54, 1.807) is 13.8 Å². The van der Waals surface area contributed by atoms with Crippen LogP contribution in [0.15, 0.2) is 34.8 Å². The van der Waals surface area contributed by atoms with Gasteiger partial charge in [0.05, 0.1) is 5.92 Å². The zero-order valence-electron chi connectivity index (χ0n) is 15.4. The van der Waals surface area contributed by atoms with Crippen LogP contribution in [0.2, 0.25) is 0 Å². The Kier molecular flexibility index (Phi) is 6.04. The zero-order chi connectivity index (χ0) is 22.6. The summed E-state index contributed by atoms with van der Waals surface area (Å²) in [6.07, 6.45) is -10.4. The van der Waals surface area contributed by atoms with Gasteiger partial charge in [-0.1, -0.05) is 49.2 Å². The van der Waals surface area contributed by atoms with Gasteiger partial charge in [0, 0.05) is 18.3 Å². The number of anilines is 1. The molecule has 1 aliphatic carbocycles. The smallest absolute Gasteiger partial charge is 0.369 e. The fourth-order valence-corrected chi connectivity index (χ4v) is 3.62. The Labute approximate surface area is 172 Å². The summed E-state index contributed by atoms with van der Waals surface area (Å²) in [4.78, 5) is 13.8. The molecule has 0 spiro atoms. The summed E-state index contributed by atoms with van der Waals surface area (Å²) in [6.45, 7) is 3.61. The summed E-state index contributed by atoms with van der Waals surface area (Å²) >= 11 is 11.3. The number of rotatable bonds is 4. The minimum atomic E-state index is -5.98. The first kappa shape index (κ1) is 23.8. The van der Waals surface area contributed by atoms with Crippen LogP contribution >= 0.6 is 23.2 Å². The van der Waals surface area contributed by atoms with E-state index >= 15 is 0 Å². The van der Waals surface area contributed by atoms with Crippen LogP contribution < -0.4 is 4.90 Å². The number of halogens is 8. The van der Waals surface area contributed by atoms with Crippen LogP contribution in [0.25, 0.3) is 0 Å². The van der Waals surface area contributed by atoms with E-state index in [0.717, 1.165) is 17.0 Å². The van der Waals surface area contributed by atoms with Gasteiger partial charge in [-0.2, -0.15) is 26.3 Å². The van der Waals surface area contributed by atoms with Crippen molar-refractivity contribution in [1.82, 2.24) is 0 Å². The summed E-state index contributed by atoms with van der Waals surface area (Å²) in [6, 6.07) is 2.80. The Hall–Kier alpha value is -1.45. The molecule has 1 fully saturated rings. The summed E-state index contributed by atoms with van der Waals surface area (Å²) in [7, 11) is 1.34. The van der Waals surface area contributed by atoms with E-state index in [1.807, 2.05) is 0 Å². The average Bonchev–Trinajstić information content (AvgIpc) is 3.10. The molecule has 2 unspecified atom stereocenters. The van der Waals surface area contributed by atoms with Gasteiger partial charge in [0.25, 0.3) is 5.60 Å². The maximum absolute atomic E-state index is 13.0. The van der Waals surface area contributed by atoms with Gasteiger partial charge in [-0.05, 0) is 29.5 Å². The van der Waals surface area contributed by atoms with Crippen LogP contribution in [-0.4, -0.2) is 30.4 Å². The molecule has 1 aliphatic rings. The molecule has 0 bridgehead atoms. The third kappa shape index (κ3) is 4.09. The van der Waals surface area contributed by atoms with Gasteiger partial charge in [-0.15, -0.1) is 0 Å². The fourth-order valence-electron chi connectivity index (χ4n) is 3.35. The predicted octanol–water partition coefficient (Wildman–Crippen LogP) is 5.55. The van der Waals surface area contributed by atoms with Crippen molar-refractivity contribution in [2.75, 3.05) is 11.9 Å². The van der Waals surface area contributed by atoms with Crippen molar-refractivity contribution in [3.63, 3.8) is 0 Å². The van der Waals surface area contributed by atoms with E-state index in [-0.39, 0.29) is 16.1 Å². The van der Waals surface area contributed by atoms with Gasteiger partial charge in [-0.3, -0.25) is 4.79 Å². The predicted molar refractivity (Wildman–Crippen MR) is 96.4 cm³/mol. The van der Waals surface area contributed by atoms with E-state index in [9.17, 15) is 36.2 Å². The number of nitrogens with zero attached hydrogens (tertiary/aromatic N) is 1. The Morgan fingerprint density at radius 2 is 1.52 bits per heavy atom. The number of carbonyl (C=O) groups is 1. The molecule has 2 rings (SSSR count). The summed E-state index contributed by atoms with van der Waals surface area (Å²) in [5, 5.41) is 9.42. The Morgan fingerprint density at radius 3 is 1.90 bits per heavy atom.